The van der Waals surface area contributed by atoms with E-state index in [2.05, 4.69) is 40.5 Å². The van der Waals surface area contributed by atoms with Crippen molar-refractivity contribution < 1.29 is 4.79 Å². The Kier molecular flexibility index (Phi) is 6.56. The van der Waals surface area contributed by atoms with E-state index in [0.717, 1.165) is 36.1 Å². The van der Waals surface area contributed by atoms with Crippen LogP contribution in [0.4, 0.5) is 5.82 Å². The fourth-order valence-electron chi connectivity index (χ4n) is 3.15. The molecule has 1 fully saturated rings. The second-order valence-electron chi connectivity index (χ2n) is 7.01. The van der Waals surface area contributed by atoms with Crippen molar-refractivity contribution in [2.24, 2.45) is 5.92 Å². The molecule has 0 bridgehead atoms. The van der Waals surface area contributed by atoms with Gasteiger partial charge in [-0.2, -0.15) is 11.8 Å². The maximum Gasteiger partial charge on any atom is 0.251 e. The summed E-state index contributed by atoms with van der Waals surface area (Å²) in [5.41, 5.74) is 2.95. The second-order valence-corrected chi connectivity index (χ2v) is 7.87. The van der Waals surface area contributed by atoms with Gasteiger partial charge in [-0.25, -0.2) is 4.98 Å². The number of nitrogens with zero attached hydrogens (tertiary/aromatic N) is 2. The number of thioether (sulfide) groups is 1. The van der Waals surface area contributed by atoms with Crippen molar-refractivity contribution in [2.45, 2.75) is 32.1 Å². The number of hydrogen-bond donors (Lipinski definition) is 1. The van der Waals surface area contributed by atoms with Crippen LogP contribution in [0.2, 0.25) is 0 Å². The van der Waals surface area contributed by atoms with Crippen LogP contribution in [0, 0.1) is 5.92 Å². The van der Waals surface area contributed by atoms with Crippen molar-refractivity contribution >= 4 is 23.5 Å². The number of rotatable bonds is 6. The molecule has 1 aromatic heterocycles. The number of aromatic nitrogens is 1. The summed E-state index contributed by atoms with van der Waals surface area (Å²) < 4.78 is 0. The average molecular weight is 370 g/mol. The lowest BCUT2D eigenvalue weighted by atomic mass is 9.99. The third-order valence-corrected chi connectivity index (χ3v) is 5.52. The summed E-state index contributed by atoms with van der Waals surface area (Å²) in [7, 11) is 0. The molecule has 26 heavy (non-hydrogen) atoms. The van der Waals surface area contributed by atoms with Crippen molar-refractivity contribution in [3.05, 3.63) is 59.3 Å². The number of nitrogens with one attached hydrogen (secondary N) is 1. The maximum atomic E-state index is 12.3. The van der Waals surface area contributed by atoms with Gasteiger partial charge in [0.15, 0.2) is 0 Å². The number of piperidine rings is 1. The van der Waals surface area contributed by atoms with Gasteiger partial charge < -0.3 is 10.2 Å². The minimum Gasteiger partial charge on any atom is -0.357 e. The van der Waals surface area contributed by atoms with E-state index in [1.54, 1.807) is 11.8 Å². The van der Waals surface area contributed by atoms with Crippen LogP contribution >= 0.6 is 11.8 Å². The minimum atomic E-state index is -0.0465. The standard InChI is InChI=1S/C21H27N3OS/c1-16-9-11-24(12-10-16)20-8-5-18(13-22-20)14-23-21(25)19-6-3-17(4-7-19)15-26-2/h3-8,13,16H,9-12,14-15H2,1-2H3,(H,23,25). The van der Waals surface area contributed by atoms with Crippen molar-refractivity contribution in [2.75, 3.05) is 24.2 Å². The predicted octanol–water partition coefficient (Wildman–Crippen LogP) is 4.11. The highest BCUT2D eigenvalue weighted by molar-refractivity contribution is 7.97. The first-order chi connectivity index (χ1) is 12.7. The maximum absolute atomic E-state index is 12.3. The monoisotopic (exact) mass is 369 g/mol. The first-order valence-electron chi connectivity index (χ1n) is 9.21. The molecule has 1 aliphatic heterocycles. The van der Waals surface area contributed by atoms with Crippen molar-refractivity contribution in [1.82, 2.24) is 10.3 Å². The smallest absolute Gasteiger partial charge is 0.251 e. The second kappa shape index (κ2) is 9.08. The number of carbonyl (C=O) groups excluding carboxylic acids is 1. The first kappa shape index (κ1) is 18.8. The quantitative estimate of drug-likeness (QED) is 0.832. The molecule has 0 radical (unpaired) electrons. The SMILES string of the molecule is CSCc1ccc(C(=O)NCc2ccc(N3CCC(C)CC3)nc2)cc1. The number of hydrogen-bond acceptors (Lipinski definition) is 4. The summed E-state index contributed by atoms with van der Waals surface area (Å²) in [5.74, 6) is 2.78. The Morgan fingerprint density at radius 2 is 1.85 bits per heavy atom. The van der Waals surface area contributed by atoms with E-state index < -0.39 is 0 Å². The van der Waals surface area contributed by atoms with Crippen molar-refractivity contribution in [3.63, 3.8) is 0 Å². The van der Waals surface area contributed by atoms with E-state index in [1.165, 1.54) is 18.4 Å². The fraction of sp³-hybridized carbons (Fsp3) is 0.429. The van der Waals surface area contributed by atoms with Crippen LogP contribution < -0.4 is 10.2 Å². The summed E-state index contributed by atoms with van der Waals surface area (Å²) >= 11 is 1.78. The van der Waals surface area contributed by atoms with Gasteiger partial charge in [-0.3, -0.25) is 4.79 Å². The summed E-state index contributed by atoms with van der Waals surface area (Å²) in [5, 5.41) is 2.97. The minimum absolute atomic E-state index is 0.0465. The Morgan fingerprint density at radius 1 is 1.15 bits per heavy atom. The molecule has 5 heteroatoms. The van der Waals surface area contributed by atoms with Gasteiger partial charge in [0, 0.05) is 37.1 Å². The Balaban J connectivity index is 1.52. The molecule has 1 N–H and O–H groups in total. The van der Waals surface area contributed by atoms with Gasteiger partial charge in [-0.05, 0) is 54.3 Å². The zero-order chi connectivity index (χ0) is 18.4. The summed E-state index contributed by atoms with van der Waals surface area (Å²) in [6.07, 6.45) is 6.41. The Bertz CT molecular complexity index is 707. The number of benzene rings is 1. The zero-order valence-electron chi connectivity index (χ0n) is 15.6. The van der Waals surface area contributed by atoms with Crippen molar-refractivity contribution in [1.29, 1.82) is 0 Å². The van der Waals surface area contributed by atoms with E-state index in [4.69, 9.17) is 0 Å². The molecule has 0 saturated carbocycles. The molecule has 4 nitrogen and oxygen atoms in total. The fourth-order valence-corrected chi connectivity index (χ4v) is 3.68. The molecule has 1 saturated heterocycles. The van der Waals surface area contributed by atoms with Crippen LogP contribution in [0.1, 0.15) is 41.3 Å². The highest BCUT2D eigenvalue weighted by atomic mass is 32.2. The van der Waals surface area contributed by atoms with Crippen LogP contribution in [-0.2, 0) is 12.3 Å². The molecule has 138 valence electrons. The lowest BCUT2D eigenvalue weighted by molar-refractivity contribution is 0.0951. The van der Waals surface area contributed by atoms with Gasteiger partial charge >= 0.3 is 0 Å². The molecule has 0 atom stereocenters. The molecule has 0 spiro atoms. The molecule has 0 unspecified atom stereocenters. The molecule has 0 aliphatic carbocycles. The lowest BCUT2D eigenvalue weighted by Gasteiger charge is -2.31. The van der Waals surface area contributed by atoms with Crippen LogP contribution in [0.5, 0.6) is 0 Å². The molecule has 2 heterocycles. The molecule has 3 rings (SSSR count). The lowest BCUT2D eigenvalue weighted by Crippen LogP contribution is -2.33. The summed E-state index contributed by atoms with van der Waals surface area (Å²) in [4.78, 5) is 19.2. The van der Waals surface area contributed by atoms with Crippen molar-refractivity contribution in [3.8, 4) is 0 Å². The van der Waals surface area contributed by atoms with E-state index in [0.29, 0.717) is 12.1 Å². The van der Waals surface area contributed by atoms with Gasteiger partial charge in [0.05, 0.1) is 0 Å². The predicted molar refractivity (Wildman–Crippen MR) is 110 cm³/mol. The average Bonchev–Trinajstić information content (AvgIpc) is 2.68. The third-order valence-electron chi connectivity index (χ3n) is 4.90. The van der Waals surface area contributed by atoms with E-state index in [1.807, 2.05) is 30.5 Å². The van der Waals surface area contributed by atoms with Crippen LogP contribution in [0.3, 0.4) is 0 Å². The largest absolute Gasteiger partial charge is 0.357 e. The molecule has 1 amide bonds. The zero-order valence-corrected chi connectivity index (χ0v) is 16.4. The van der Waals surface area contributed by atoms with Gasteiger partial charge in [0.1, 0.15) is 5.82 Å². The number of amides is 1. The summed E-state index contributed by atoms with van der Waals surface area (Å²) in [6.45, 7) is 4.97. The van der Waals surface area contributed by atoms with E-state index in [9.17, 15) is 4.79 Å². The van der Waals surface area contributed by atoms with Gasteiger partial charge in [-0.1, -0.05) is 25.1 Å². The molecule has 2 aromatic rings. The van der Waals surface area contributed by atoms with Crippen LogP contribution in [0.25, 0.3) is 0 Å². The van der Waals surface area contributed by atoms with Crippen LogP contribution in [-0.4, -0.2) is 30.2 Å². The molecular formula is C21H27N3OS. The number of pyridine rings is 1. The van der Waals surface area contributed by atoms with E-state index >= 15 is 0 Å². The first-order valence-corrected chi connectivity index (χ1v) is 10.6. The number of anilines is 1. The highest BCUT2D eigenvalue weighted by Crippen LogP contribution is 2.21. The molecule has 1 aliphatic rings. The van der Waals surface area contributed by atoms with Gasteiger partial charge in [-0.15, -0.1) is 0 Å². The topological polar surface area (TPSA) is 45.2 Å². The van der Waals surface area contributed by atoms with E-state index in [-0.39, 0.29) is 5.91 Å². The normalized spacial score (nSPS) is 15.1. The van der Waals surface area contributed by atoms with Gasteiger partial charge in [0.25, 0.3) is 5.91 Å². The number of carbonyl (C=O) groups is 1. The Morgan fingerprint density at radius 3 is 2.46 bits per heavy atom. The van der Waals surface area contributed by atoms with Gasteiger partial charge in [0.2, 0.25) is 0 Å². The highest BCUT2D eigenvalue weighted by Gasteiger charge is 2.16. The Labute approximate surface area is 160 Å². The van der Waals surface area contributed by atoms with Crippen LogP contribution in [0.15, 0.2) is 42.6 Å². The summed E-state index contributed by atoms with van der Waals surface area (Å²) in [6, 6.07) is 11.9. The molecule has 1 aromatic carbocycles. The third kappa shape index (κ3) is 5.01. The molecular weight excluding hydrogens is 342 g/mol. The Hall–Kier alpha value is -2.01.